The van der Waals surface area contributed by atoms with Crippen molar-refractivity contribution in [2.75, 3.05) is 20.7 Å². The number of hydrogen-bond donors (Lipinski definition) is 2. The van der Waals surface area contributed by atoms with E-state index >= 15 is 0 Å². The van der Waals surface area contributed by atoms with E-state index < -0.39 is 0 Å². The van der Waals surface area contributed by atoms with Gasteiger partial charge in [0.25, 0.3) is 0 Å². The van der Waals surface area contributed by atoms with E-state index in [0.29, 0.717) is 31.2 Å². The Balaban J connectivity index is 0.00000288. The number of ether oxygens (including phenoxy) is 2. The number of nitrogens with one attached hydrogen (secondary N) is 2. The molecule has 130 valence electrons. The number of carbonyl (C=O) groups excluding carboxylic acids is 1. The largest absolute Gasteiger partial charge is 0.493 e. The first-order valence-corrected chi connectivity index (χ1v) is 7.48. The first-order valence-electron chi connectivity index (χ1n) is 7.48. The lowest BCUT2D eigenvalue weighted by Gasteiger charge is -2.13. The number of methoxy groups -OCH3 is 1. The molecule has 2 rings (SSSR count). The van der Waals surface area contributed by atoms with E-state index in [1.807, 2.05) is 48.5 Å². The van der Waals surface area contributed by atoms with Crippen LogP contribution in [0.2, 0.25) is 0 Å². The van der Waals surface area contributed by atoms with Crippen molar-refractivity contribution in [1.29, 1.82) is 0 Å². The van der Waals surface area contributed by atoms with Crippen LogP contribution >= 0.6 is 12.4 Å². The number of likely N-dealkylation sites (N-methyl/N-ethyl adjacent to an activating group) is 1. The summed E-state index contributed by atoms with van der Waals surface area (Å²) in [6.07, 6.45) is 0. The first kappa shape index (κ1) is 19.8. The number of carbonyl (C=O) groups is 1. The summed E-state index contributed by atoms with van der Waals surface area (Å²) in [4.78, 5) is 11.5. The summed E-state index contributed by atoms with van der Waals surface area (Å²) in [5.41, 5.74) is 2.05. The van der Waals surface area contributed by atoms with Gasteiger partial charge in [0, 0.05) is 6.54 Å². The number of halogens is 1. The zero-order valence-corrected chi connectivity index (χ0v) is 14.7. The van der Waals surface area contributed by atoms with Crippen LogP contribution in [0.25, 0.3) is 0 Å². The quantitative estimate of drug-likeness (QED) is 0.768. The molecule has 0 unspecified atom stereocenters. The molecule has 2 aromatic carbocycles. The van der Waals surface area contributed by atoms with Crippen molar-refractivity contribution in [3.8, 4) is 11.5 Å². The molecule has 0 aliphatic rings. The summed E-state index contributed by atoms with van der Waals surface area (Å²) in [5.74, 6) is 1.29. The van der Waals surface area contributed by atoms with Crippen molar-refractivity contribution in [3.05, 3.63) is 59.7 Å². The third-order valence-corrected chi connectivity index (χ3v) is 3.29. The minimum Gasteiger partial charge on any atom is -0.493 e. The molecule has 24 heavy (non-hydrogen) atoms. The highest BCUT2D eigenvalue weighted by Crippen LogP contribution is 2.28. The van der Waals surface area contributed by atoms with Crippen LogP contribution in [-0.2, 0) is 17.9 Å². The van der Waals surface area contributed by atoms with Gasteiger partial charge in [-0.25, -0.2) is 0 Å². The number of hydrogen-bond acceptors (Lipinski definition) is 4. The standard InChI is InChI=1S/C18H22N2O3.ClH/c1-19-12-18(21)20-11-15-8-9-16(17(10-15)22-2)23-13-14-6-4-3-5-7-14;/h3-10,19H,11-13H2,1-2H3,(H,20,21);1H. The maximum absolute atomic E-state index is 11.5. The van der Waals surface area contributed by atoms with Gasteiger partial charge in [0.1, 0.15) is 6.61 Å². The van der Waals surface area contributed by atoms with Gasteiger partial charge in [0.2, 0.25) is 5.91 Å². The fourth-order valence-corrected chi connectivity index (χ4v) is 2.10. The Morgan fingerprint density at radius 1 is 1.04 bits per heavy atom. The van der Waals surface area contributed by atoms with Crippen molar-refractivity contribution in [2.45, 2.75) is 13.2 Å². The van der Waals surface area contributed by atoms with Gasteiger partial charge in [-0.05, 0) is 30.3 Å². The zero-order chi connectivity index (χ0) is 16.5. The molecule has 0 fully saturated rings. The summed E-state index contributed by atoms with van der Waals surface area (Å²) >= 11 is 0. The smallest absolute Gasteiger partial charge is 0.234 e. The molecule has 0 aromatic heterocycles. The lowest BCUT2D eigenvalue weighted by atomic mass is 10.2. The Labute approximate surface area is 148 Å². The highest BCUT2D eigenvalue weighted by molar-refractivity contribution is 5.85. The van der Waals surface area contributed by atoms with E-state index in [0.717, 1.165) is 11.1 Å². The van der Waals surface area contributed by atoms with Gasteiger partial charge in [-0.15, -0.1) is 12.4 Å². The van der Waals surface area contributed by atoms with Crippen molar-refractivity contribution in [2.24, 2.45) is 0 Å². The van der Waals surface area contributed by atoms with E-state index in [1.54, 1.807) is 14.2 Å². The van der Waals surface area contributed by atoms with Gasteiger partial charge in [-0.3, -0.25) is 4.79 Å². The Hall–Kier alpha value is -2.24. The summed E-state index contributed by atoms with van der Waals surface area (Å²) in [5, 5.41) is 5.64. The SMILES string of the molecule is CNCC(=O)NCc1ccc(OCc2ccccc2)c(OC)c1.Cl. The van der Waals surface area contributed by atoms with E-state index in [2.05, 4.69) is 10.6 Å². The van der Waals surface area contributed by atoms with Crippen molar-refractivity contribution >= 4 is 18.3 Å². The summed E-state index contributed by atoms with van der Waals surface area (Å²) in [7, 11) is 3.34. The molecule has 5 nitrogen and oxygen atoms in total. The monoisotopic (exact) mass is 350 g/mol. The lowest BCUT2D eigenvalue weighted by molar-refractivity contribution is -0.120. The van der Waals surface area contributed by atoms with Crippen molar-refractivity contribution in [1.82, 2.24) is 10.6 Å². The third kappa shape index (κ3) is 6.10. The van der Waals surface area contributed by atoms with Crippen LogP contribution in [0.5, 0.6) is 11.5 Å². The average molecular weight is 351 g/mol. The molecule has 0 saturated carbocycles. The van der Waals surface area contributed by atoms with E-state index in [-0.39, 0.29) is 18.3 Å². The number of benzene rings is 2. The predicted molar refractivity (Wildman–Crippen MR) is 96.8 cm³/mol. The molecular formula is C18H23ClN2O3. The van der Waals surface area contributed by atoms with Crippen LogP contribution in [0, 0.1) is 0 Å². The Morgan fingerprint density at radius 3 is 2.46 bits per heavy atom. The maximum Gasteiger partial charge on any atom is 0.234 e. The second kappa shape index (κ2) is 10.5. The molecule has 2 aromatic rings. The molecule has 1 amide bonds. The van der Waals surface area contributed by atoms with Gasteiger partial charge < -0.3 is 20.1 Å². The number of amides is 1. The average Bonchev–Trinajstić information content (AvgIpc) is 2.59. The maximum atomic E-state index is 11.5. The van der Waals surface area contributed by atoms with Crippen molar-refractivity contribution in [3.63, 3.8) is 0 Å². The van der Waals surface area contributed by atoms with Gasteiger partial charge in [0.05, 0.1) is 13.7 Å². The highest BCUT2D eigenvalue weighted by atomic mass is 35.5. The van der Waals surface area contributed by atoms with E-state index in [4.69, 9.17) is 9.47 Å². The molecule has 0 bridgehead atoms. The Bertz CT molecular complexity index is 635. The fraction of sp³-hybridized carbons (Fsp3) is 0.278. The molecule has 0 atom stereocenters. The molecule has 0 aliphatic heterocycles. The molecule has 0 saturated heterocycles. The van der Waals surface area contributed by atoms with Gasteiger partial charge >= 0.3 is 0 Å². The molecule has 0 heterocycles. The zero-order valence-electron chi connectivity index (χ0n) is 13.9. The minimum absolute atomic E-state index is 0. The van der Waals surface area contributed by atoms with Crippen LogP contribution < -0.4 is 20.1 Å². The van der Waals surface area contributed by atoms with Crippen LogP contribution in [0.3, 0.4) is 0 Å². The second-order valence-corrected chi connectivity index (χ2v) is 5.07. The van der Waals surface area contributed by atoms with Gasteiger partial charge in [-0.1, -0.05) is 36.4 Å². The first-order chi connectivity index (χ1) is 11.2. The predicted octanol–water partition coefficient (Wildman–Crippen LogP) is 2.53. The second-order valence-electron chi connectivity index (χ2n) is 5.07. The topological polar surface area (TPSA) is 59.6 Å². The molecule has 6 heteroatoms. The molecule has 0 radical (unpaired) electrons. The van der Waals surface area contributed by atoms with Crippen LogP contribution in [0.1, 0.15) is 11.1 Å². The summed E-state index contributed by atoms with van der Waals surface area (Å²) in [6.45, 7) is 1.24. The van der Waals surface area contributed by atoms with Crippen LogP contribution in [0.15, 0.2) is 48.5 Å². The Morgan fingerprint density at radius 2 is 1.79 bits per heavy atom. The summed E-state index contributed by atoms with van der Waals surface area (Å²) < 4.78 is 11.2. The third-order valence-electron chi connectivity index (χ3n) is 3.29. The van der Waals surface area contributed by atoms with Crippen LogP contribution in [0.4, 0.5) is 0 Å². The van der Waals surface area contributed by atoms with Gasteiger partial charge in [0.15, 0.2) is 11.5 Å². The van der Waals surface area contributed by atoms with E-state index in [1.165, 1.54) is 0 Å². The molecule has 0 aliphatic carbocycles. The molecular weight excluding hydrogens is 328 g/mol. The number of rotatable bonds is 8. The van der Waals surface area contributed by atoms with E-state index in [9.17, 15) is 4.79 Å². The Kier molecular flexibility index (Phi) is 8.68. The lowest BCUT2D eigenvalue weighted by Crippen LogP contribution is -2.31. The molecule has 2 N–H and O–H groups in total. The van der Waals surface area contributed by atoms with Gasteiger partial charge in [-0.2, -0.15) is 0 Å². The normalized spacial score (nSPS) is 9.75. The highest BCUT2D eigenvalue weighted by Gasteiger charge is 2.07. The summed E-state index contributed by atoms with van der Waals surface area (Å²) in [6, 6.07) is 15.6. The fourth-order valence-electron chi connectivity index (χ4n) is 2.10. The minimum atomic E-state index is -0.0455. The molecule has 0 spiro atoms. The van der Waals surface area contributed by atoms with Crippen molar-refractivity contribution < 1.29 is 14.3 Å². The van der Waals surface area contributed by atoms with Crippen LogP contribution in [-0.4, -0.2) is 26.6 Å².